The van der Waals surface area contributed by atoms with E-state index in [1.165, 1.54) is 25.2 Å². The van der Waals surface area contributed by atoms with Gasteiger partial charge in [-0.2, -0.15) is 4.31 Å². The number of amides is 1. The standard InChI is InChI=1S/C17H18Cl2N2O4S/c1-3-25-16-9-8-12(10-14(16)19)26(23,24)21(2)11-17(22)20-15-7-5-4-6-13(15)18/h4-10H,3,11H2,1-2H3,(H,20,22). The maximum atomic E-state index is 12.6. The van der Waals surface area contributed by atoms with E-state index < -0.39 is 15.9 Å². The first kappa shape index (κ1) is 20.5. The molecule has 0 saturated carbocycles. The van der Waals surface area contributed by atoms with Gasteiger partial charge in [0.2, 0.25) is 15.9 Å². The lowest BCUT2D eigenvalue weighted by molar-refractivity contribution is -0.116. The van der Waals surface area contributed by atoms with Crippen molar-refractivity contribution in [2.24, 2.45) is 0 Å². The highest BCUT2D eigenvalue weighted by Gasteiger charge is 2.24. The number of anilines is 1. The molecule has 1 N–H and O–H groups in total. The second-order valence-corrected chi connectivity index (χ2v) is 8.17. The number of para-hydroxylation sites is 1. The van der Waals surface area contributed by atoms with Crippen LogP contribution in [0.5, 0.6) is 5.75 Å². The number of carbonyl (C=O) groups is 1. The van der Waals surface area contributed by atoms with E-state index in [9.17, 15) is 13.2 Å². The summed E-state index contributed by atoms with van der Waals surface area (Å²) in [4.78, 5) is 12.1. The van der Waals surface area contributed by atoms with E-state index in [2.05, 4.69) is 5.32 Å². The number of carbonyl (C=O) groups excluding carboxylic acids is 1. The monoisotopic (exact) mass is 416 g/mol. The quantitative estimate of drug-likeness (QED) is 0.746. The fourth-order valence-corrected chi connectivity index (χ4v) is 3.77. The van der Waals surface area contributed by atoms with Crippen LogP contribution in [0.25, 0.3) is 0 Å². The van der Waals surface area contributed by atoms with Crippen LogP contribution in [-0.2, 0) is 14.8 Å². The van der Waals surface area contributed by atoms with Crippen LogP contribution in [0.3, 0.4) is 0 Å². The van der Waals surface area contributed by atoms with Crippen LogP contribution in [0.2, 0.25) is 10.0 Å². The number of ether oxygens (including phenoxy) is 1. The summed E-state index contributed by atoms with van der Waals surface area (Å²) < 4.78 is 31.5. The number of hydrogen-bond donors (Lipinski definition) is 1. The number of benzene rings is 2. The highest BCUT2D eigenvalue weighted by atomic mass is 35.5. The Kier molecular flexibility index (Phi) is 6.88. The summed E-state index contributed by atoms with van der Waals surface area (Å²) in [6.45, 7) is 1.83. The molecule has 2 aromatic rings. The zero-order valence-electron chi connectivity index (χ0n) is 14.2. The van der Waals surface area contributed by atoms with E-state index in [0.29, 0.717) is 23.1 Å². The van der Waals surface area contributed by atoms with E-state index in [1.807, 2.05) is 0 Å². The van der Waals surface area contributed by atoms with Gasteiger partial charge in [0.05, 0.1) is 33.8 Å². The van der Waals surface area contributed by atoms with Crippen molar-refractivity contribution in [3.8, 4) is 5.75 Å². The van der Waals surface area contributed by atoms with Crippen LogP contribution < -0.4 is 10.1 Å². The van der Waals surface area contributed by atoms with Gasteiger partial charge in [-0.25, -0.2) is 8.42 Å². The molecule has 0 unspecified atom stereocenters. The number of rotatable bonds is 7. The summed E-state index contributed by atoms with van der Waals surface area (Å²) in [6, 6.07) is 10.9. The van der Waals surface area contributed by atoms with Crippen LogP contribution in [0, 0.1) is 0 Å². The highest BCUT2D eigenvalue weighted by molar-refractivity contribution is 7.89. The van der Waals surface area contributed by atoms with Gasteiger partial charge in [0.1, 0.15) is 5.75 Å². The van der Waals surface area contributed by atoms with Gasteiger partial charge in [-0.1, -0.05) is 35.3 Å². The number of hydrogen-bond acceptors (Lipinski definition) is 4. The SMILES string of the molecule is CCOc1ccc(S(=O)(=O)N(C)CC(=O)Nc2ccccc2Cl)cc1Cl. The van der Waals surface area contributed by atoms with Crippen LogP contribution >= 0.6 is 23.2 Å². The van der Waals surface area contributed by atoms with Crippen molar-refractivity contribution in [2.45, 2.75) is 11.8 Å². The minimum atomic E-state index is -3.89. The zero-order valence-corrected chi connectivity index (χ0v) is 16.5. The van der Waals surface area contributed by atoms with Gasteiger partial charge < -0.3 is 10.1 Å². The third-order valence-corrected chi connectivity index (χ3v) is 5.85. The number of likely N-dealkylation sites (N-methyl/N-ethyl adjacent to an activating group) is 1. The largest absolute Gasteiger partial charge is 0.492 e. The number of sulfonamides is 1. The van der Waals surface area contributed by atoms with Crippen LogP contribution in [-0.4, -0.2) is 38.8 Å². The smallest absolute Gasteiger partial charge is 0.243 e. The van der Waals surface area contributed by atoms with Gasteiger partial charge in [0, 0.05) is 7.05 Å². The van der Waals surface area contributed by atoms with E-state index in [4.69, 9.17) is 27.9 Å². The normalized spacial score (nSPS) is 11.4. The van der Waals surface area contributed by atoms with Crippen molar-refractivity contribution in [2.75, 3.05) is 25.5 Å². The van der Waals surface area contributed by atoms with E-state index >= 15 is 0 Å². The van der Waals surface area contributed by atoms with Crippen molar-refractivity contribution in [1.82, 2.24) is 4.31 Å². The molecule has 0 fully saturated rings. The molecule has 0 aliphatic carbocycles. The van der Waals surface area contributed by atoms with Gasteiger partial charge in [-0.3, -0.25) is 4.79 Å². The zero-order chi connectivity index (χ0) is 19.3. The number of halogens is 2. The Morgan fingerprint density at radius 2 is 1.85 bits per heavy atom. The van der Waals surface area contributed by atoms with Crippen molar-refractivity contribution in [1.29, 1.82) is 0 Å². The molecule has 0 radical (unpaired) electrons. The molecule has 140 valence electrons. The molecule has 0 atom stereocenters. The Bertz CT molecular complexity index is 903. The lowest BCUT2D eigenvalue weighted by atomic mass is 10.3. The maximum absolute atomic E-state index is 12.6. The molecule has 2 aromatic carbocycles. The van der Waals surface area contributed by atoms with Crippen molar-refractivity contribution in [3.05, 3.63) is 52.5 Å². The Hall–Kier alpha value is -1.80. The minimum Gasteiger partial charge on any atom is -0.492 e. The number of nitrogens with one attached hydrogen (secondary N) is 1. The molecule has 2 rings (SSSR count). The first-order chi connectivity index (χ1) is 12.3. The van der Waals surface area contributed by atoms with Gasteiger partial charge in [0.15, 0.2) is 0 Å². The second kappa shape index (κ2) is 8.73. The summed E-state index contributed by atoms with van der Waals surface area (Å²) in [7, 11) is -2.58. The molecular formula is C17H18Cl2N2O4S. The molecule has 1 amide bonds. The topological polar surface area (TPSA) is 75.7 Å². The van der Waals surface area contributed by atoms with Crippen LogP contribution in [0.4, 0.5) is 5.69 Å². The van der Waals surface area contributed by atoms with Crippen molar-refractivity contribution >= 4 is 44.8 Å². The first-order valence-electron chi connectivity index (χ1n) is 7.68. The molecule has 0 aliphatic heterocycles. The summed E-state index contributed by atoms with van der Waals surface area (Å²) in [6.07, 6.45) is 0. The lowest BCUT2D eigenvalue weighted by Crippen LogP contribution is -2.35. The minimum absolute atomic E-state index is 0.0287. The van der Waals surface area contributed by atoms with Crippen LogP contribution in [0.15, 0.2) is 47.4 Å². The molecule has 26 heavy (non-hydrogen) atoms. The van der Waals surface area contributed by atoms with Crippen LogP contribution in [0.1, 0.15) is 6.92 Å². The molecule has 9 heteroatoms. The fraction of sp³-hybridized carbons (Fsp3) is 0.235. The Labute approximate surface area is 162 Å². The summed E-state index contributed by atoms with van der Waals surface area (Å²) in [5, 5.41) is 3.13. The van der Waals surface area contributed by atoms with Gasteiger partial charge in [0.25, 0.3) is 0 Å². The highest BCUT2D eigenvalue weighted by Crippen LogP contribution is 2.28. The summed E-state index contributed by atoms with van der Waals surface area (Å²) >= 11 is 12.0. The van der Waals surface area contributed by atoms with Gasteiger partial charge >= 0.3 is 0 Å². The molecule has 0 bridgehead atoms. The third-order valence-electron chi connectivity index (χ3n) is 3.43. The number of nitrogens with zero attached hydrogens (tertiary/aromatic N) is 1. The predicted octanol–water partition coefficient (Wildman–Crippen LogP) is 3.65. The van der Waals surface area contributed by atoms with Gasteiger partial charge in [-0.15, -0.1) is 0 Å². The molecule has 0 aromatic heterocycles. The predicted molar refractivity (Wildman–Crippen MR) is 103 cm³/mol. The fourth-order valence-electron chi connectivity index (χ4n) is 2.13. The molecular weight excluding hydrogens is 399 g/mol. The van der Waals surface area contributed by atoms with E-state index in [0.717, 1.165) is 4.31 Å². The second-order valence-electron chi connectivity index (χ2n) is 5.31. The first-order valence-corrected chi connectivity index (χ1v) is 9.88. The maximum Gasteiger partial charge on any atom is 0.243 e. The molecule has 0 heterocycles. The average molecular weight is 417 g/mol. The van der Waals surface area contributed by atoms with Crippen molar-refractivity contribution < 1.29 is 17.9 Å². The Morgan fingerprint density at radius 1 is 1.15 bits per heavy atom. The Morgan fingerprint density at radius 3 is 2.46 bits per heavy atom. The average Bonchev–Trinajstić information content (AvgIpc) is 2.58. The lowest BCUT2D eigenvalue weighted by Gasteiger charge is -2.18. The summed E-state index contributed by atoms with van der Waals surface area (Å²) in [5.74, 6) is -0.117. The summed E-state index contributed by atoms with van der Waals surface area (Å²) in [5.41, 5.74) is 0.411. The molecule has 6 nitrogen and oxygen atoms in total. The van der Waals surface area contributed by atoms with Crippen molar-refractivity contribution in [3.63, 3.8) is 0 Å². The molecule has 0 spiro atoms. The Balaban J connectivity index is 2.12. The van der Waals surface area contributed by atoms with E-state index in [1.54, 1.807) is 31.2 Å². The van der Waals surface area contributed by atoms with Gasteiger partial charge in [-0.05, 0) is 37.3 Å². The third kappa shape index (κ3) is 4.88. The van der Waals surface area contributed by atoms with E-state index in [-0.39, 0.29) is 16.5 Å². The molecule has 0 saturated heterocycles. The molecule has 0 aliphatic rings.